The highest BCUT2D eigenvalue weighted by Gasteiger charge is 2.38. The molecule has 0 saturated heterocycles. The number of halogens is 5. The van der Waals surface area contributed by atoms with Gasteiger partial charge in [0, 0.05) is 11.1 Å². The molecule has 0 bridgehead atoms. The molecule has 0 fully saturated rings. The normalized spacial score (nSPS) is 12.5. The summed E-state index contributed by atoms with van der Waals surface area (Å²) in [7, 11) is 0. The highest BCUT2D eigenvalue weighted by atomic mass is 19.4. The Bertz CT molecular complexity index is 614. The van der Waals surface area contributed by atoms with Crippen LogP contribution in [0.1, 0.15) is 22.3 Å². The van der Waals surface area contributed by atoms with Gasteiger partial charge in [-0.05, 0) is 24.6 Å². The molecule has 0 spiro atoms. The van der Waals surface area contributed by atoms with E-state index in [1.54, 1.807) is 6.07 Å². The number of hydrogen-bond acceptors (Lipinski definition) is 0. The molecule has 2 rings (SSSR count). The van der Waals surface area contributed by atoms with Crippen molar-refractivity contribution in [2.45, 2.75) is 19.0 Å². The molecule has 0 aliphatic carbocycles. The van der Waals surface area contributed by atoms with E-state index in [1.165, 1.54) is 25.1 Å². The van der Waals surface area contributed by atoms with Crippen LogP contribution in [0.25, 0.3) is 0 Å². The number of alkyl halides is 5. The van der Waals surface area contributed by atoms with Gasteiger partial charge in [0.25, 0.3) is 5.92 Å². The van der Waals surface area contributed by atoms with Gasteiger partial charge in [-0.15, -0.1) is 0 Å². The van der Waals surface area contributed by atoms with Gasteiger partial charge in [0.1, 0.15) is 0 Å². The van der Waals surface area contributed by atoms with Gasteiger partial charge in [-0.25, -0.2) is 0 Å². The minimum absolute atomic E-state index is 0.292. The van der Waals surface area contributed by atoms with E-state index in [1.807, 2.05) is 0 Å². The van der Waals surface area contributed by atoms with Crippen LogP contribution in [0, 0.1) is 6.92 Å². The number of benzene rings is 2. The molecule has 0 N–H and O–H groups in total. The monoisotopic (exact) mass is 286 g/mol. The largest absolute Gasteiger partial charge is 0.416 e. The van der Waals surface area contributed by atoms with Crippen molar-refractivity contribution in [3.63, 3.8) is 0 Å². The Morgan fingerprint density at radius 3 is 1.95 bits per heavy atom. The van der Waals surface area contributed by atoms with Crippen molar-refractivity contribution in [3.8, 4) is 0 Å². The Kier molecular flexibility index (Phi) is 3.54. The van der Waals surface area contributed by atoms with E-state index in [-0.39, 0.29) is 5.56 Å². The molecule has 2 aromatic carbocycles. The molecule has 0 nitrogen and oxygen atoms in total. The summed E-state index contributed by atoms with van der Waals surface area (Å²) in [6.45, 7) is 1.50. The quantitative estimate of drug-likeness (QED) is 0.669. The molecule has 0 heterocycles. The Morgan fingerprint density at radius 2 is 1.35 bits per heavy atom. The van der Waals surface area contributed by atoms with Gasteiger partial charge in [0.15, 0.2) is 0 Å². The molecule has 0 aliphatic heterocycles. The van der Waals surface area contributed by atoms with Gasteiger partial charge in [-0.2, -0.15) is 22.0 Å². The van der Waals surface area contributed by atoms with Crippen molar-refractivity contribution in [3.05, 3.63) is 70.8 Å². The summed E-state index contributed by atoms with van der Waals surface area (Å²) in [6.07, 6.45) is -4.64. The van der Waals surface area contributed by atoms with Crippen LogP contribution in [0.2, 0.25) is 0 Å². The van der Waals surface area contributed by atoms with E-state index in [0.717, 1.165) is 18.2 Å². The third kappa shape index (κ3) is 2.66. The summed E-state index contributed by atoms with van der Waals surface area (Å²) in [4.78, 5) is 0. The van der Waals surface area contributed by atoms with Crippen molar-refractivity contribution in [2.75, 3.05) is 0 Å². The van der Waals surface area contributed by atoms with E-state index < -0.39 is 23.2 Å². The highest BCUT2D eigenvalue weighted by molar-refractivity contribution is 5.40. The first-order valence-electron chi connectivity index (χ1n) is 5.84. The van der Waals surface area contributed by atoms with Crippen molar-refractivity contribution < 1.29 is 22.0 Å². The third-order valence-electron chi connectivity index (χ3n) is 3.04. The zero-order valence-electron chi connectivity index (χ0n) is 10.5. The molecular formula is C15H11F5. The predicted octanol–water partition coefficient (Wildman–Crippen LogP) is 5.15. The Balaban J connectivity index is 2.53. The molecule has 0 amide bonds. The zero-order valence-corrected chi connectivity index (χ0v) is 10.5. The average Bonchev–Trinajstić information content (AvgIpc) is 2.38. The maximum Gasteiger partial charge on any atom is 0.416 e. The molecular weight excluding hydrogens is 275 g/mol. The SMILES string of the molecule is Cc1ccccc1C(F)(F)c1cccc(C(F)(F)F)c1. The maximum atomic E-state index is 14.3. The van der Waals surface area contributed by atoms with E-state index in [0.29, 0.717) is 11.6 Å². The Labute approximate surface area is 112 Å². The number of aryl methyl sites for hydroxylation is 1. The van der Waals surface area contributed by atoms with Crippen LogP contribution >= 0.6 is 0 Å². The standard InChI is InChI=1S/C15H11F5/c1-10-5-2-3-8-13(10)14(16,17)11-6-4-7-12(9-11)15(18,19)20/h2-9H,1H3. The maximum absolute atomic E-state index is 14.3. The Morgan fingerprint density at radius 1 is 0.750 bits per heavy atom. The molecule has 0 aromatic heterocycles. The van der Waals surface area contributed by atoms with Gasteiger partial charge < -0.3 is 0 Å². The molecule has 0 radical (unpaired) electrons. The summed E-state index contributed by atoms with van der Waals surface area (Å²) in [5.74, 6) is -3.47. The first-order chi connectivity index (χ1) is 9.23. The molecule has 106 valence electrons. The highest BCUT2D eigenvalue weighted by Crippen LogP contribution is 2.39. The number of rotatable bonds is 2. The van der Waals surface area contributed by atoms with Gasteiger partial charge in [0.2, 0.25) is 0 Å². The van der Waals surface area contributed by atoms with Crippen LogP contribution in [-0.2, 0) is 12.1 Å². The molecule has 0 aliphatic rings. The summed E-state index contributed by atoms with van der Waals surface area (Å²) < 4.78 is 66.5. The smallest absolute Gasteiger partial charge is 0.196 e. The van der Waals surface area contributed by atoms with E-state index in [4.69, 9.17) is 0 Å². The fourth-order valence-electron chi connectivity index (χ4n) is 1.97. The molecule has 20 heavy (non-hydrogen) atoms. The van der Waals surface area contributed by atoms with E-state index >= 15 is 0 Å². The predicted molar refractivity (Wildman–Crippen MR) is 65.6 cm³/mol. The molecule has 2 aromatic rings. The third-order valence-corrected chi connectivity index (χ3v) is 3.04. The molecule has 0 unspecified atom stereocenters. The van der Waals surface area contributed by atoms with Crippen LogP contribution in [-0.4, -0.2) is 0 Å². The molecule has 0 atom stereocenters. The molecule has 0 saturated carbocycles. The van der Waals surface area contributed by atoms with Crippen molar-refractivity contribution in [2.24, 2.45) is 0 Å². The lowest BCUT2D eigenvalue weighted by molar-refractivity contribution is -0.137. The second kappa shape index (κ2) is 4.89. The van der Waals surface area contributed by atoms with Crippen LogP contribution in [0.15, 0.2) is 48.5 Å². The second-order valence-corrected chi connectivity index (χ2v) is 4.47. The average molecular weight is 286 g/mol. The lowest BCUT2D eigenvalue weighted by Gasteiger charge is -2.20. The van der Waals surface area contributed by atoms with Crippen molar-refractivity contribution >= 4 is 0 Å². The minimum atomic E-state index is -4.64. The summed E-state index contributed by atoms with van der Waals surface area (Å²) in [6, 6.07) is 9.01. The first kappa shape index (κ1) is 14.5. The zero-order chi connectivity index (χ0) is 15.0. The fraction of sp³-hybridized carbons (Fsp3) is 0.200. The second-order valence-electron chi connectivity index (χ2n) is 4.47. The lowest BCUT2D eigenvalue weighted by Crippen LogP contribution is -2.18. The van der Waals surface area contributed by atoms with Crippen molar-refractivity contribution in [1.29, 1.82) is 0 Å². The lowest BCUT2D eigenvalue weighted by atomic mass is 9.95. The summed E-state index contributed by atoms with van der Waals surface area (Å²) in [5, 5.41) is 0. The molecule has 5 heteroatoms. The van der Waals surface area contributed by atoms with Gasteiger partial charge in [-0.3, -0.25) is 0 Å². The summed E-state index contributed by atoms with van der Waals surface area (Å²) in [5.41, 5.74) is -1.71. The van der Waals surface area contributed by atoms with E-state index in [2.05, 4.69) is 0 Å². The van der Waals surface area contributed by atoms with E-state index in [9.17, 15) is 22.0 Å². The van der Waals surface area contributed by atoms with Gasteiger partial charge in [0.05, 0.1) is 5.56 Å². The topological polar surface area (TPSA) is 0 Å². The van der Waals surface area contributed by atoms with Gasteiger partial charge >= 0.3 is 6.18 Å². The van der Waals surface area contributed by atoms with Crippen LogP contribution in [0.4, 0.5) is 22.0 Å². The summed E-state index contributed by atoms with van der Waals surface area (Å²) >= 11 is 0. The van der Waals surface area contributed by atoms with Crippen LogP contribution in [0.5, 0.6) is 0 Å². The minimum Gasteiger partial charge on any atom is -0.196 e. The van der Waals surface area contributed by atoms with Crippen LogP contribution in [0.3, 0.4) is 0 Å². The Hall–Kier alpha value is -1.91. The number of hydrogen-bond donors (Lipinski definition) is 0. The fourth-order valence-corrected chi connectivity index (χ4v) is 1.97. The first-order valence-corrected chi connectivity index (χ1v) is 5.84. The van der Waals surface area contributed by atoms with Crippen molar-refractivity contribution in [1.82, 2.24) is 0 Å². The van der Waals surface area contributed by atoms with Gasteiger partial charge in [-0.1, -0.05) is 36.4 Å². The van der Waals surface area contributed by atoms with Crippen LogP contribution < -0.4 is 0 Å².